The number of para-hydroxylation sites is 1. The number of alkyl halides is 2. The van der Waals surface area contributed by atoms with Gasteiger partial charge >= 0.3 is 6.61 Å². The van der Waals surface area contributed by atoms with E-state index in [1.807, 2.05) is 17.5 Å². The van der Waals surface area contributed by atoms with Crippen LogP contribution in [0.25, 0.3) is 0 Å². The van der Waals surface area contributed by atoms with Crippen LogP contribution in [-0.4, -0.2) is 50.3 Å². The predicted molar refractivity (Wildman–Crippen MR) is 94.9 cm³/mol. The summed E-state index contributed by atoms with van der Waals surface area (Å²) < 4.78 is 34.9. The predicted octanol–water partition coefficient (Wildman–Crippen LogP) is 3.15. The Labute approximate surface area is 154 Å². The monoisotopic (exact) mass is 382 g/mol. The second kappa shape index (κ2) is 9.07. The topological polar surface area (TPSA) is 50.8 Å². The summed E-state index contributed by atoms with van der Waals surface area (Å²) in [6, 6.07) is 10.0. The molecule has 1 saturated heterocycles. The van der Waals surface area contributed by atoms with Crippen molar-refractivity contribution in [2.75, 3.05) is 32.8 Å². The van der Waals surface area contributed by atoms with Crippen molar-refractivity contribution in [2.24, 2.45) is 0 Å². The molecule has 1 aliphatic rings. The summed E-state index contributed by atoms with van der Waals surface area (Å²) in [5.74, 6) is -0.560. The standard InChI is InChI=1S/C18H20F2N2O3S/c19-18(20)25-15-5-2-1-4-13(15)17(23)21-12-14(16-6-3-11-26-16)22-7-9-24-10-8-22/h1-6,11,14,18H,7-10,12H2,(H,21,23)/t14-/m1/s1. The molecule has 1 amide bonds. The number of benzene rings is 1. The maximum absolute atomic E-state index is 12.5. The number of morpholine rings is 1. The molecule has 2 aromatic rings. The molecule has 1 atom stereocenters. The van der Waals surface area contributed by atoms with Crippen LogP contribution in [0.4, 0.5) is 8.78 Å². The number of carbonyl (C=O) groups excluding carboxylic acids is 1. The lowest BCUT2D eigenvalue weighted by atomic mass is 10.1. The summed E-state index contributed by atoms with van der Waals surface area (Å²) in [5.41, 5.74) is 0.0970. The highest BCUT2D eigenvalue weighted by molar-refractivity contribution is 7.10. The molecule has 1 fully saturated rings. The number of hydrogen-bond donors (Lipinski definition) is 1. The van der Waals surface area contributed by atoms with Gasteiger partial charge in [0.15, 0.2) is 0 Å². The van der Waals surface area contributed by atoms with Gasteiger partial charge in [0.25, 0.3) is 5.91 Å². The van der Waals surface area contributed by atoms with Gasteiger partial charge in [0.1, 0.15) is 5.75 Å². The van der Waals surface area contributed by atoms with Gasteiger partial charge in [0.05, 0.1) is 24.8 Å². The van der Waals surface area contributed by atoms with Crippen LogP contribution in [0.15, 0.2) is 41.8 Å². The van der Waals surface area contributed by atoms with Gasteiger partial charge in [-0.1, -0.05) is 18.2 Å². The van der Waals surface area contributed by atoms with E-state index in [2.05, 4.69) is 15.0 Å². The van der Waals surface area contributed by atoms with E-state index in [-0.39, 0.29) is 17.4 Å². The molecule has 8 heteroatoms. The maximum Gasteiger partial charge on any atom is 0.387 e. The Kier molecular flexibility index (Phi) is 6.54. The molecule has 0 bridgehead atoms. The van der Waals surface area contributed by atoms with E-state index >= 15 is 0 Å². The summed E-state index contributed by atoms with van der Waals surface area (Å²) in [7, 11) is 0. The average molecular weight is 382 g/mol. The van der Waals surface area contributed by atoms with E-state index in [0.29, 0.717) is 19.8 Å². The molecule has 3 rings (SSSR count). The molecule has 2 heterocycles. The lowest BCUT2D eigenvalue weighted by Crippen LogP contribution is -2.43. The van der Waals surface area contributed by atoms with Crippen LogP contribution in [0.1, 0.15) is 21.3 Å². The minimum atomic E-state index is -2.98. The maximum atomic E-state index is 12.5. The molecule has 140 valence electrons. The third kappa shape index (κ3) is 4.78. The van der Waals surface area contributed by atoms with Crippen molar-refractivity contribution in [2.45, 2.75) is 12.7 Å². The first-order valence-electron chi connectivity index (χ1n) is 8.32. The van der Waals surface area contributed by atoms with Crippen LogP contribution in [-0.2, 0) is 4.74 Å². The number of amides is 1. The van der Waals surface area contributed by atoms with E-state index in [1.54, 1.807) is 23.5 Å². The molecule has 1 aliphatic heterocycles. The van der Waals surface area contributed by atoms with Gasteiger partial charge in [0.2, 0.25) is 0 Å². The third-order valence-corrected chi connectivity index (χ3v) is 5.14. The normalized spacial score (nSPS) is 16.4. The summed E-state index contributed by atoms with van der Waals surface area (Å²) in [6.07, 6.45) is 0. The van der Waals surface area contributed by atoms with E-state index in [4.69, 9.17) is 4.74 Å². The Morgan fingerprint density at radius 2 is 2.00 bits per heavy atom. The van der Waals surface area contributed by atoms with Gasteiger partial charge in [-0.25, -0.2) is 0 Å². The van der Waals surface area contributed by atoms with Crippen LogP contribution in [0, 0.1) is 0 Å². The Balaban J connectivity index is 1.70. The summed E-state index contributed by atoms with van der Waals surface area (Å²) in [4.78, 5) is 15.9. The van der Waals surface area contributed by atoms with Crippen molar-refractivity contribution in [1.82, 2.24) is 10.2 Å². The molecule has 1 aromatic carbocycles. The van der Waals surface area contributed by atoms with E-state index in [9.17, 15) is 13.6 Å². The number of hydrogen-bond acceptors (Lipinski definition) is 5. The highest BCUT2D eigenvalue weighted by Gasteiger charge is 2.24. The first kappa shape index (κ1) is 18.8. The lowest BCUT2D eigenvalue weighted by molar-refractivity contribution is -0.0501. The van der Waals surface area contributed by atoms with Gasteiger partial charge in [-0.2, -0.15) is 8.78 Å². The van der Waals surface area contributed by atoms with Crippen LogP contribution in [0.3, 0.4) is 0 Å². The van der Waals surface area contributed by atoms with Crippen molar-refractivity contribution in [1.29, 1.82) is 0 Å². The van der Waals surface area contributed by atoms with Gasteiger partial charge in [-0.05, 0) is 23.6 Å². The van der Waals surface area contributed by atoms with Crippen molar-refractivity contribution in [3.05, 3.63) is 52.2 Å². The Bertz CT molecular complexity index is 706. The zero-order valence-electron chi connectivity index (χ0n) is 14.1. The van der Waals surface area contributed by atoms with Crippen molar-refractivity contribution >= 4 is 17.2 Å². The molecule has 26 heavy (non-hydrogen) atoms. The van der Waals surface area contributed by atoms with Crippen molar-refractivity contribution in [3.63, 3.8) is 0 Å². The minimum absolute atomic E-state index is 0.0195. The third-order valence-electron chi connectivity index (χ3n) is 4.16. The molecule has 0 aliphatic carbocycles. The molecule has 1 aromatic heterocycles. The summed E-state index contributed by atoms with van der Waals surface area (Å²) in [5, 5.41) is 4.86. The molecule has 0 radical (unpaired) electrons. The fourth-order valence-electron chi connectivity index (χ4n) is 2.92. The number of halogens is 2. The van der Waals surface area contributed by atoms with Gasteiger partial charge in [-0.3, -0.25) is 9.69 Å². The van der Waals surface area contributed by atoms with Crippen LogP contribution < -0.4 is 10.1 Å². The fourth-order valence-corrected chi connectivity index (χ4v) is 3.78. The Hall–Kier alpha value is -2.03. The molecule has 0 unspecified atom stereocenters. The molecule has 5 nitrogen and oxygen atoms in total. The largest absolute Gasteiger partial charge is 0.434 e. The summed E-state index contributed by atoms with van der Waals surface area (Å²) >= 11 is 1.63. The van der Waals surface area contributed by atoms with E-state index in [1.165, 1.54) is 12.1 Å². The number of ether oxygens (including phenoxy) is 2. The number of nitrogens with one attached hydrogen (secondary N) is 1. The van der Waals surface area contributed by atoms with Gasteiger partial charge in [0, 0.05) is 24.5 Å². The SMILES string of the molecule is O=C(NC[C@H](c1cccs1)N1CCOCC1)c1ccccc1OC(F)F. The van der Waals surface area contributed by atoms with Crippen LogP contribution >= 0.6 is 11.3 Å². The molecule has 0 spiro atoms. The highest BCUT2D eigenvalue weighted by atomic mass is 32.1. The van der Waals surface area contributed by atoms with E-state index < -0.39 is 12.5 Å². The number of nitrogens with zero attached hydrogens (tertiary/aromatic N) is 1. The molecular formula is C18H20F2N2O3S. The smallest absolute Gasteiger partial charge is 0.387 e. The first-order valence-corrected chi connectivity index (χ1v) is 9.20. The lowest BCUT2D eigenvalue weighted by Gasteiger charge is -2.34. The Morgan fingerprint density at radius 1 is 1.23 bits per heavy atom. The minimum Gasteiger partial charge on any atom is -0.434 e. The first-order chi connectivity index (χ1) is 12.6. The zero-order valence-corrected chi connectivity index (χ0v) is 14.9. The fraction of sp³-hybridized carbons (Fsp3) is 0.389. The van der Waals surface area contributed by atoms with Crippen molar-refractivity contribution < 1.29 is 23.0 Å². The van der Waals surface area contributed by atoms with Crippen molar-refractivity contribution in [3.8, 4) is 5.75 Å². The van der Waals surface area contributed by atoms with Crippen LogP contribution in [0.2, 0.25) is 0 Å². The highest BCUT2D eigenvalue weighted by Crippen LogP contribution is 2.26. The summed E-state index contributed by atoms with van der Waals surface area (Å²) in [6.45, 7) is 0.271. The molecule has 1 N–H and O–H groups in total. The second-order valence-electron chi connectivity index (χ2n) is 5.76. The number of carbonyl (C=O) groups is 1. The van der Waals surface area contributed by atoms with Crippen LogP contribution in [0.5, 0.6) is 5.75 Å². The van der Waals surface area contributed by atoms with Gasteiger partial charge < -0.3 is 14.8 Å². The number of rotatable bonds is 7. The zero-order chi connectivity index (χ0) is 18.4. The number of thiophene rings is 1. The Morgan fingerprint density at radius 3 is 2.69 bits per heavy atom. The molecule has 0 saturated carbocycles. The molecular weight excluding hydrogens is 362 g/mol. The second-order valence-corrected chi connectivity index (χ2v) is 6.74. The van der Waals surface area contributed by atoms with E-state index in [0.717, 1.165) is 18.0 Å². The quantitative estimate of drug-likeness (QED) is 0.799. The average Bonchev–Trinajstić information content (AvgIpc) is 3.17. The van der Waals surface area contributed by atoms with Gasteiger partial charge in [-0.15, -0.1) is 11.3 Å².